The normalized spacial score (nSPS) is 11.6. The Kier molecular flexibility index (Phi) is 6.03. The van der Waals surface area contributed by atoms with E-state index in [2.05, 4.69) is 163 Å². The third-order valence-corrected chi connectivity index (χ3v) is 9.81. The highest BCUT2D eigenvalue weighted by atomic mass is 32.1. The second-order valence-corrected chi connectivity index (χ2v) is 12.4. The molecule has 0 N–H and O–H groups in total. The van der Waals surface area contributed by atoms with Crippen LogP contribution in [0.2, 0.25) is 0 Å². The molecular weight excluding hydrogens is 567 g/mol. The summed E-state index contributed by atoms with van der Waals surface area (Å²) >= 11 is 1.85. The summed E-state index contributed by atoms with van der Waals surface area (Å²) in [5, 5.41) is 4.79. The zero-order chi connectivity index (χ0) is 29.7. The molecule has 0 spiro atoms. The van der Waals surface area contributed by atoms with Gasteiger partial charge in [0.25, 0.3) is 0 Å². The van der Waals surface area contributed by atoms with E-state index < -0.39 is 0 Å². The smallest absolute Gasteiger partial charge is 0.143 e. The summed E-state index contributed by atoms with van der Waals surface area (Å²) in [6, 6.07) is 58.5. The lowest BCUT2D eigenvalue weighted by Crippen LogP contribution is -2.10. The first kappa shape index (κ1) is 25.8. The van der Waals surface area contributed by atoms with Crippen molar-refractivity contribution in [2.45, 2.75) is 0 Å². The van der Waals surface area contributed by atoms with Crippen molar-refractivity contribution in [1.29, 1.82) is 0 Å². The van der Waals surface area contributed by atoms with Crippen LogP contribution in [0.3, 0.4) is 0 Å². The summed E-state index contributed by atoms with van der Waals surface area (Å²) in [7, 11) is 0. The van der Waals surface area contributed by atoms with E-state index in [4.69, 9.17) is 4.42 Å². The van der Waals surface area contributed by atoms with Crippen molar-refractivity contribution in [1.82, 2.24) is 0 Å². The molecular formula is C42H27NOS. The van der Waals surface area contributed by atoms with Crippen molar-refractivity contribution < 1.29 is 4.42 Å². The Morgan fingerprint density at radius 2 is 1.00 bits per heavy atom. The van der Waals surface area contributed by atoms with E-state index in [0.29, 0.717) is 0 Å². The van der Waals surface area contributed by atoms with Crippen LogP contribution in [-0.4, -0.2) is 0 Å². The molecule has 0 fully saturated rings. The lowest BCUT2D eigenvalue weighted by Gasteiger charge is -2.26. The predicted molar refractivity (Wildman–Crippen MR) is 192 cm³/mol. The molecule has 0 saturated carbocycles. The predicted octanol–water partition coefficient (Wildman–Crippen LogP) is 12.8. The van der Waals surface area contributed by atoms with E-state index in [1.54, 1.807) is 0 Å². The molecule has 3 heteroatoms. The van der Waals surface area contributed by atoms with Crippen molar-refractivity contribution in [3.8, 4) is 22.3 Å². The molecule has 7 aromatic carbocycles. The number of benzene rings is 7. The molecule has 0 unspecified atom stereocenters. The largest absolute Gasteiger partial charge is 0.455 e. The molecule has 0 atom stereocenters. The zero-order valence-electron chi connectivity index (χ0n) is 24.4. The van der Waals surface area contributed by atoms with E-state index in [1.807, 2.05) is 17.4 Å². The van der Waals surface area contributed by atoms with Gasteiger partial charge < -0.3 is 9.32 Å². The van der Waals surface area contributed by atoms with Crippen molar-refractivity contribution in [2.24, 2.45) is 0 Å². The molecule has 0 bridgehead atoms. The highest BCUT2D eigenvalue weighted by Gasteiger charge is 2.20. The molecule has 0 aliphatic heterocycles. The molecule has 0 saturated heterocycles. The Morgan fingerprint density at radius 1 is 0.400 bits per heavy atom. The number of rotatable bonds is 5. The van der Waals surface area contributed by atoms with Gasteiger partial charge in [-0.2, -0.15) is 0 Å². The van der Waals surface area contributed by atoms with Gasteiger partial charge in [0.1, 0.15) is 11.2 Å². The third-order valence-electron chi connectivity index (χ3n) is 8.66. The van der Waals surface area contributed by atoms with Gasteiger partial charge in [-0.3, -0.25) is 0 Å². The Labute approximate surface area is 265 Å². The Bertz CT molecular complexity index is 2470. The number of fused-ring (bicyclic) bond motifs is 6. The minimum absolute atomic E-state index is 0.895. The number of hydrogen-bond donors (Lipinski definition) is 0. The second kappa shape index (κ2) is 10.5. The molecule has 212 valence electrons. The summed E-state index contributed by atoms with van der Waals surface area (Å²) in [6.45, 7) is 0. The second-order valence-electron chi connectivity index (χ2n) is 11.4. The maximum Gasteiger partial charge on any atom is 0.143 e. The number of hydrogen-bond acceptors (Lipinski definition) is 3. The molecule has 0 amide bonds. The van der Waals surface area contributed by atoms with Crippen molar-refractivity contribution in [2.75, 3.05) is 4.90 Å². The van der Waals surface area contributed by atoms with Crippen LogP contribution in [0, 0.1) is 0 Å². The molecule has 9 rings (SSSR count). The molecule has 2 aromatic heterocycles. The summed E-state index contributed by atoms with van der Waals surface area (Å²) in [4.78, 5) is 2.38. The molecule has 2 nitrogen and oxygen atoms in total. The van der Waals surface area contributed by atoms with Crippen LogP contribution in [0.1, 0.15) is 0 Å². The van der Waals surface area contributed by atoms with E-state index in [1.165, 1.54) is 31.3 Å². The highest BCUT2D eigenvalue weighted by Crippen LogP contribution is 2.45. The van der Waals surface area contributed by atoms with Crippen LogP contribution in [-0.2, 0) is 0 Å². The highest BCUT2D eigenvalue weighted by molar-refractivity contribution is 7.25. The molecule has 0 radical (unpaired) electrons. The van der Waals surface area contributed by atoms with Crippen LogP contribution < -0.4 is 4.90 Å². The number of nitrogens with zero attached hydrogens (tertiary/aromatic N) is 1. The first-order chi connectivity index (χ1) is 22.3. The third kappa shape index (κ3) is 4.40. The molecule has 2 heterocycles. The van der Waals surface area contributed by atoms with Gasteiger partial charge in [0, 0.05) is 53.6 Å². The molecule has 0 aliphatic carbocycles. The summed E-state index contributed by atoms with van der Waals surface area (Å²) < 4.78 is 9.13. The van der Waals surface area contributed by atoms with Gasteiger partial charge >= 0.3 is 0 Å². The van der Waals surface area contributed by atoms with Crippen molar-refractivity contribution in [3.05, 3.63) is 164 Å². The minimum Gasteiger partial charge on any atom is -0.455 e. The van der Waals surface area contributed by atoms with Crippen LogP contribution in [0.5, 0.6) is 0 Å². The summed E-state index contributed by atoms with van der Waals surface area (Å²) in [6.07, 6.45) is 0. The van der Waals surface area contributed by atoms with E-state index in [-0.39, 0.29) is 0 Å². The van der Waals surface area contributed by atoms with Crippen LogP contribution in [0.4, 0.5) is 17.1 Å². The first-order valence-corrected chi connectivity index (χ1v) is 16.0. The fourth-order valence-corrected chi connectivity index (χ4v) is 7.59. The van der Waals surface area contributed by atoms with Gasteiger partial charge in [-0.05, 0) is 71.3 Å². The number of furan rings is 1. The fraction of sp³-hybridized carbons (Fsp3) is 0. The zero-order valence-corrected chi connectivity index (χ0v) is 25.2. The SMILES string of the molecule is c1ccc(-c2ccc(N(c3ccc4sc5ccccc5c4c3)c3cc(-c4ccccc4)c4oc5ccccc5c4c3)cc2)cc1. The van der Waals surface area contributed by atoms with E-state index >= 15 is 0 Å². The molecule has 45 heavy (non-hydrogen) atoms. The van der Waals surface area contributed by atoms with Gasteiger partial charge in [0.15, 0.2) is 0 Å². The summed E-state index contributed by atoms with van der Waals surface area (Å²) in [5.41, 5.74) is 9.70. The lowest BCUT2D eigenvalue weighted by atomic mass is 10.00. The van der Waals surface area contributed by atoms with Crippen LogP contribution >= 0.6 is 11.3 Å². The van der Waals surface area contributed by atoms with Gasteiger partial charge in [0.2, 0.25) is 0 Å². The average Bonchev–Trinajstić information content (AvgIpc) is 3.67. The maximum absolute atomic E-state index is 6.53. The van der Waals surface area contributed by atoms with Gasteiger partial charge in [0.05, 0.1) is 0 Å². The van der Waals surface area contributed by atoms with Crippen molar-refractivity contribution >= 4 is 70.5 Å². The quantitative estimate of drug-likeness (QED) is 0.197. The number of anilines is 3. The number of thiophene rings is 1. The minimum atomic E-state index is 0.895. The average molecular weight is 594 g/mol. The van der Waals surface area contributed by atoms with Gasteiger partial charge in [-0.25, -0.2) is 0 Å². The number of para-hydroxylation sites is 1. The van der Waals surface area contributed by atoms with Gasteiger partial charge in [-0.15, -0.1) is 11.3 Å². The molecule has 0 aliphatic rings. The van der Waals surface area contributed by atoms with E-state index in [9.17, 15) is 0 Å². The Morgan fingerprint density at radius 3 is 1.80 bits per heavy atom. The summed E-state index contributed by atoms with van der Waals surface area (Å²) in [5.74, 6) is 0. The van der Waals surface area contributed by atoms with E-state index in [0.717, 1.165) is 50.1 Å². The Hall–Kier alpha value is -5.64. The fourth-order valence-electron chi connectivity index (χ4n) is 6.51. The topological polar surface area (TPSA) is 16.4 Å². The van der Waals surface area contributed by atoms with Crippen molar-refractivity contribution in [3.63, 3.8) is 0 Å². The standard InChI is InChI=1S/C42H27NOS/c1-3-11-28(12-4-1)29-19-21-31(22-20-29)43(32-23-24-41-37(25-32)35-16-8-10-18-40(35)45-41)33-26-36(30-13-5-2-6-14-30)42-38(27-33)34-15-7-9-17-39(34)44-42/h1-27H. The lowest BCUT2D eigenvalue weighted by molar-refractivity contribution is 0.670. The van der Waals surface area contributed by atoms with Crippen LogP contribution in [0.25, 0.3) is 64.4 Å². The van der Waals surface area contributed by atoms with Gasteiger partial charge in [-0.1, -0.05) is 109 Å². The Balaban J connectivity index is 1.31. The van der Waals surface area contributed by atoms with Crippen LogP contribution in [0.15, 0.2) is 168 Å². The first-order valence-electron chi connectivity index (χ1n) is 15.2. The molecule has 9 aromatic rings. The maximum atomic E-state index is 6.53. The monoisotopic (exact) mass is 593 g/mol.